The lowest BCUT2D eigenvalue weighted by Crippen LogP contribution is -2.45. The van der Waals surface area contributed by atoms with Gasteiger partial charge in [-0.15, -0.1) is 11.3 Å². The molecule has 1 aliphatic carbocycles. The van der Waals surface area contributed by atoms with Crippen LogP contribution in [0.1, 0.15) is 36.4 Å². The van der Waals surface area contributed by atoms with Gasteiger partial charge >= 0.3 is 0 Å². The molecule has 2 heteroatoms. The first-order valence-corrected chi connectivity index (χ1v) is 6.15. The van der Waals surface area contributed by atoms with Crippen LogP contribution in [0.5, 0.6) is 0 Å². The molecule has 1 fully saturated rings. The van der Waals surface area contributed by atoms with Crippen molar-refractivity contribution in [2.24, 2.45) is 5.41 Å². The first-order chi connectivity index (χ1) is 6.55. The van der Waals surface area contributed by atoms with Crippen LogP contribution in [0.2, 0.25) is 0 Å². The monoisotopic (exact) mass is 209 g/mol. The van der Waals surface area contributed by atoms with Gasteiger partial charge in [0, 0.05) is 22.3 Å². The molecular formula is C12H19NS. The lowest BCUT2D eigenvalue weighted by molar-refractivity contribution is 0.125. The molecule has 1 aromatic rings. The minimum absolute atomic E-state index is 0.586. The van der Waals surface area contributed by atoms with Gasteiger partial charge in [-0.1, -0.05) is 13.8 Å². The fraction of sp³-hybridized carbons (Fsp3) is 0.667. The zero-order valence-corrected chi connectivity index (χ0v) is 10.1. The standard InChI is InChI=1S/C12H19NS/c1-9-4-5-11(14-9)8-13-10-6-12(2,3)7-10/h4-5,10,13H,6-8H2,1-3H3. The van der Waals surface area contributed by atoms with E-state index in [4.69, 9.17) is 0 Å². The van der Waals surface area contributed by atoms with Crippen molar-refractivity contribution < 1.29 is 0 Å². The highest BCUT2D eigenvalue weighted by atomic mass is 32.1. The predicted octanol–water partition coefficient (Wildman–Crippen LogP) is 3.33. The minimum Gasteiger partial charge on any atom is -0.309 e. The molecule has 1 N–H and O–H groups in total. The van der Waals surface area contributed by atoms with Gasteiger partial charge in [-0.25, -0.2) is 0 Å². The van der Waals surface area contributed by atoms with Crippen LogP contribution in [-0.2, 0) is 6.54 Å². The van der Waals surface area contributed by atoms with Crippen molar-refractivity contribution in [3.8, 4) is 0 Å². The molecule has 78 valence electrons. The third-order valence-electron chi connectivity index (χ3n) is 2.96. The maximum absolute atomic E-state index is 3.61. The summed E-state index contributed by atoms with van der Waals surface area (Å²) in [4.78, 5) is 2.88. The Morgan fingerprint density at radius 3 is 2.64 bits per heavy atom. The summed E-state index contributed by atoms with van der Waals surface area (Å²) in [5.74, 6) is 0. The molecule has 0 radical (unpaired) electrons. The van der Waals surface area contributed by atoms with Crippen LogP contribution < -0.4 is 5.32 Å². The summed E-state index contributed by atoms with van der Waals surface area (Å²) in [7, 11) is 0. The Labute approximate surface area is 90.5 Å². The molecule has 0 saturated heterocycles. The van der Waals surface area contributed by atoms with Gasteiger partial charge < -0.3 is 5.32 Å². The summed E-state index contributed by atoms with van der Waals surface area (Å²) in [5, 5.41) is 3.61. The first kappa shape index (κ1) is 10.2. The number of hydrogen-bond donors (Lipinski definition) is 1. The number of hydrogen-bond acceptors (Lipinski definition) is 2. The molecule has 0 atom stereocenters. The zero-order chi connectivity index (χ0) is 10.2. The van der Waals surface area contributed by atoms with Gasteiger partial charge in [0.05, 0.1) is 0 Å². The van der Waals surface area contributed by atoms with E-state index in [2.05, 4.69) is 38.2 Å². The second-order valence-electron chi connectivity index (χ2n) is 5.16. The molecule has 0 unspecified atom stereocenters. The molecule has 1 aromatic heterocycles. The van der Waals surface area contributed by atoms with E-state index in [0.29, 0.717) is 5.41 Å². The molecule has 1 nitrogen and oxygen atoms in total. The van der Waals surface area contributed by atoms with E-state index in [1.165, 1.54) is 22.6 Å². The number of nitrogens with one attached hydrogen (secondary N) is 1. The normalized spacial score (nSPS) is 20.8. The summed E-state index contributed by atoms with van der Waals surface area (Å²) >= 11 is 1.90. The van der Waals surface area contributed by atoms with Crippen molar-refractivity contribution in [3.05, 3.63) is 21.9 Å². The van der Waals surface area contributed by atoms with Crippen LogP contribution >= 0.6 is 11.3 Å². The van der Waals surface area contributed by atoms with E-state index < -0.39 is 0 Å². The fourth-order valence-corrected chi connectivity index (χ4v) is 3.08. The molecule has 0 amide bonds. The third-order valence-corrected chi connectivity index (χ3v) is 3.96. The van der Waals surface area contributed by atoms with Gasteiger partial charge in [-0.2, -0.15) is 0 Å². The Bertz CT molecular complexity index is 306. The van der Waals surface area contributed by atoms with Gasteiger partial charge in [-0.3, -0.25) is 0 Å². The number of aryl methyl sites for hydroxylation is 1. The van der Waals surface area contributed by atoms with Crippen molar-refractivity contribution in [1.82, 2.24) is 5.32 Å². The summed E-state index contributed by atoms with van der Waals surface area (Å²) in [5.41, 5.74) is 0.586. The Morgan fingerprint density at radius 2 is 2.14 bits per heavy atom. The number of rotatable bonds is 3. The lowest BCUT2D eigenvalue weighted by Gasteiger charge is -2.43. The van der Waals surface area contributed by atoms with E-state index in [1.807, 2.05) is 11.3 Å². The molecule has 0 aliphatic heterocycles. The minimum atomic E-state index is 0.586. The van der Waals surface area contributed by atoms with E-state index in [0.717, 1.165) is 12.6 Å². The molecule has 0 aromatic carbocycles. The van der Waals surface area contributed by atoms with Crippen LogP contribution in [-0.4, -0.2) is 6.04 Å². The highest BCUT2D eigenvalue weighted by Gasteiger charge is 2.35. The quantitative estimate of drug-likeness (QED) is 0.805. The van der Waals surface area contributed by atoms with Crippen LogP contribution in [0.15, 0.2) is 12.1 Å². The maximum atomic E-state index is 3.61. The second-order valence-corrected chi connectivity index (χ2v) is 6.54. The second kappa shape index (κ2) is 3.67. The van der Waals surface area contributed by atoms with Crippen molar-refractivity contribution in [3.63, 3.8) is 0 Å². The highest BCUT2D eigenvalue weighted by molar-refractivity contribution is 7.11. The van der Waals surface area contributed by atoms with E-state index in [1.54, 1.807) is 0 Å². The zero-order valence-electron chi connectivity index (χ0n) is 9.26. The van der Waals surface area contributed by atoms with Crippen molar-refractivity contribution in [1.29, 1.82) is 0 Å². The fourth-order valence-electron chi connectivity index (χ4n) is 2.24. The van der Waals surface area contributed by atoms with Gasteiger partial charge in [0.1, 0.15) is 0 Å². The molecule has 1 heterocycles. The van der Waals surface area contributed by atoms with Gasteiger partial charge in [0.15, 0.2) is 0 Å². The van der Waals surface area contributed by atoms with Crippen LogP contribution in [0.25, 0.3) is 0 Å². The van der Waals surface area contributed by atoms with Gasteiger partial charge in [0.25, 0.3) is 0 Å². The van der Waals surface area contributed by atoms with Gasteiger partial charge in [0.2, 0.25) is 0 Å². The summed E-state index contributed by atoms with van der Waals surface area (Å²) in [6, 6.07) is 5.19. The Kier molecular flexibility index (Phi) is 2.67. The summed E-state index contributed by atoms with van der Waals surface area (Å²) in [6.07, 6.45) is 2.66. The van der Waals surface area contributed by atoms with Crippen molar-refractivity contribution in [2.45, 2.75) is 46.2 Å². The van der Waals surface area contributed by atoms with Crippen molar-refractivity contribution >= 4 is 11.3 Å². The first-order valence-electron chi connectivity index (χ1n) is 5.34. The largest absolute Gasteiger partial charge is 0.309 e. The molecule has 0 spiro atoms. The molecule has 2 rings (SSSR count). The maximum Gasteiger partial charge on any atom is 0.0302 e. The summed E-state index contributed by atoms with van der Waals surface area (Å²) in [6.45, 7) is 7.92. The Balaban J connectivity index is 1.74. The lowest BCUT2D eigenvalue weighted by atomic mass is 9.68. The average molecular weight is 209 g/mol. The van der Waals surface area contributed by atoms with Gasteiger partial charge in [-0.05, 0) is 37.3 Å². The SMILES string of the molecule is Cc1ccc(CNC2CC(C)(C)C2)s1. The smallest absolute Gasteiger partial charge is 0.0302 e. The van der Waals surface area contributed by atoms with E-state index >= 15 is 0 Å². The van der Waals surface area contributed by atoms with Crippen LogP contribution in [0, 0.1) is 12.3 Å². The van der Waals surface area contributed by atoms with E-state index in [9.17, 15) is 0 Å². The summed E-state index contributed by atoms with van der Waals surface area (Å²) < 4.78 is 0. The molecule has 1 saturated carbocycles. The average Bonchev–Trinajstić information content (AvgIpc) is 2.44. The molecule has 0 bridgehead atoms. The Morgan fingerprint density at radius 1 is 1.43 bits per heavy atom. The van der Waals surface area contributed by atoms with Crippen LogP contribution in [0.4, 0.5) is 0 Å². The van der Waals surface area contributed by atoms with Crippen LogP contribution in [0.3, 0.4) is 0 Å². The molecule has 14 heavy (non-hydrogen) atoms. The van der Waals surface area contributed by atoms with E-state index in [-0.39, 0.29) is 0 Å². The topological polar surface area (TPSA) is 12.0 Å². The van der Waals surface area contributed by atoms with Crippen molar-refractivity contribution in [2.75, 3.05) is 0 Å². The molecule has 1 aliphatic rings. The molecular weight excluding hydrogens is 190 g/mol. The predicted molar refractivity (Wildman–Crippen MR) is 62.7 cm³/mol. The Hall–Kier alpha value is -0.340. The third kappa shape index (κ3) is 2.37. The highest BCUT2D eigenvalue weighted by Crippen LogP contribution is 2.39. The number of thiophene rings is 1.